The number of nitrogens with zero attached hydrogens (tertiary/aromatic N) is 4. The number of rotatable bonds is 9. The van der Waals surface area contributed by atoms with Crippen LogP contribution in [0.3, 0.4) is 0 Å². The first-order valence-electron chi connectivity index (χ1n) is 11.3. The van der Waals surface area contributed by atoms with Gasteiger partial charge in [0, 0.05) is 11.9 Å². The summed E-state index contributed by atoms with van der Waals surface area (Å²) in [4.78, 5) is 16.2. The molecule has 0 saturated carbocycles. The highest BCUT2D eigenvalue weighted by Crippen LogP contribution is 2.35. The number of ether oxygens (including phenoxy) is 1. The fourth-order valence-corrected chi connectivity index (χ4v) is 5.98. The summed E-state index contributed by atoms with van der Waals surface area (Å²) in [7, 11) is -2.60. The summed E-state index contributed by atoms with van der Waals surface area (Å²) in [5.74, 6) is -1.03. The maximum atomic E-state index is 14.1. The quantitative estimate of drug-likeness (QED) is 0.341. The van der Waals surface area contributed by atoms with Gasteiger partial charge >= 0.3 is 5.97 Å². The van der Waals surface area contributed by atoms with Gasteiger partial charge in [-0.1, -0.05) is 5.16 Å². The molecule has 0 radical (unpaired) electrons. The van der Waals surface area contributed by atoms with Crippen molar-refractivity contribution in [1.29, 1.82) is 0 Å². The third-order valence-corrected chi connectivity index (χ3v) is 7.73. The smallest absolute Gasteiger partial charge is 0.309 e. The Morgan fingerprint density at radius 2 is 2.00 bits per heavy atom. The van der Waals surface area contributed by atoms with E-state index in [2.05, 4.69) is 10.3 Å². The summed E-state index contributed by atoms with van der Waals surface area (Å²) in [6.07, 6.45) is 1.28. The molecule has 1 aliphatic heterocycles. The second-order valence-corrected chi connectivity index (χ2v) is 10.6. The molecule has 1 saturated heterocycles. The van der Waals surface area contributed by atoms with Crippen molar-refractivity contribution in [2.45, 2.75) is 49.8 Å². The zero-order valence-corrected chi connectivity index (χ0v) is 20.9. The molecular formula is C24H27FN4O6S. The lowest BCUT2D eigenvalue weighted by Crippen LogP contribution is -2.36. The molecule has 2 aromatic carbocycles. The SMILES string of the molecule is CON=C[C@H]1C[C@@H](n2nc(CC(=O)O)c3ccc(F)cc32)CN1S(=O)(=O)c1ccc(OC(C)C)cc1. The normalized spacial score (nSPS) is 18.9. The molecular weight excluding hydrogens is 491 g/mol. The maximum Gasteiger partial charge on any atom is 0.309 e. The standard InChI is InChI=1S/C24H27FN4O6S/c1-15(2)35-19-5-7-20(8-6-19)36(32,33)28-14-18(11-17(28)13-26-34-3)29-23-10-16(25)4-9-21(23)22(27-29)12-24(30)31/h4-10,13,15,17-18H,11-12,14H2,1-3H3,(H,30,31)/t17-,18-/m1/s1. The Bertz CT molecular complexity index is 1390. The number of oxime groups is 1. The van der Waals surface area contributed by atoms with Gasteiger partial charge in [0.2, 0.25) is 10.0 Å². The number of carboxylic acids is 1. The predicted molar refractivity (Wildman–Crippen MR) is 130 cm³/mol. The number of hydrogen-bond donors (Lipinski definition) is 1. The van der Waals surface area contributed by atoms with Gasteiger partial charge < -0.3 is 14.7 Å². The lowest BCUT2D eigenvalue weighted by Gasteiger charge is -2.21. The first-order chi connectivity index (χ1) is 17.1. The number of hydrogen-bond acceptors (Lipinski definition) is 7. The van der Waals surface area contributed by atoms with Gasteiger partial charge in [-0.25, -0.2) is 12.8 Å². The van der Waals surface area contributed by atoms with Crippen LogP contribution >= 0.6 is 0 Å². The van der Waals surface area contributed by atoms with E-state index in [0.29, 0.717) is 16.7 Å². The lowest BCUT2D eigenvalue weighted by atomic mass is 10.1. The van der Waals surface area contributed by atoms with Gasteiger partial charge in [-0.3, -0.25) is 9.48 Å². The zero-order chi connectivity index (χ0) is 26.0. The molecule has 2 heterocycles. The van der Waals surface area contributed by atoms with Gasteiger partial charge in [0.05, 0.1) is 46.9 Å². The van der Waals surface area contributed by atoms with Crippen molar-refractivity contribution in [3.8, 4) is 5.75 Å². The molecule has 1 aromatic heterocycles. The number of carbonyl (C=O) groups is 1. The minimum atomic E-state index is -3.96. The van der Waals surface area contributed by atoms with E-state index in [-0.39, 0.29) is 36.1 Å². The molecule has 3 aromatic rings. The van der Waals surface area contributed by atoms with Crippen LogP contribution in [-0.2, 0) is 26.1 Å². The van der Waals surface area contributed by atoms with Crippen LogP contribution in [0.1, 0.15) is 32.0 Å². The third-order valence-electron chi connectivity index (χ3n) is 5.83. The molecule has 0 aliphatic carbocycles. The van der Waals surface area contributed by atoms with E-state index in [4.69, 9.17) is 9.57 Å². The van der Waals surface area contributed by atoms with Crippen LogP contribution in [0.5, 0.6) is 5.75 Å². The van der Waals surface area contributed by atoms with Crippen LogP contribution in [0.2, 0.25) is 0 Å². The van der Waals surface area contributed by atoms with Crippen molar-refractivity contribution in [3.05, 3.63) is 54.0 Å². The number of aliphatic carboxylic acids is 1. The highest BCUT2D eigenvalue weighted by molar-refractivity contribution is 7.89. The molecule has 1 fully saturated rings. The number of carboxylic acid groups (broad SMARTS) is 1. The summed E-state index contributed by atoms with van der Waals surface area (Å²) in [5, 5.41) is 18.0. The molecule has 12 heteroatoms. The van der Waals surface area contributed by atoms with Gasteiger partial charge in [0.1, 0.15) is 18.7 Å². The van der Waals surface area contributed by atoms with E-state index in [1.54, 1.807) is 12.1 Å². The van der Waals surface area contributed by atoms with E-state index in [1.165, 1.54) is 52.6 Å². The van der Waals surface area contributed by atoms with Crippen molar-refractivity contribution in [3.63, 3.8) is 0 Å². The number of fused-ring (bicyclic) bond motifs is 1. The van der Waals surface area contributed by atoms with Crippen LogP contribution in [0.15, 0.2) is 52.5 Å². The van der Waals surface area contributed by atoms with Gasteiger partial charge in [-0.05, 0) is 62.7 Å². The van der Waals surface area contributed by atoms with E-state index in [1.807, 2.05) is 13.8 Å². The molecule has 1 aliphatic rings. The molecule has 10 nitrogen and oxygen atoms in total. The molecule has 36 heavy (non-hydrogen) atoms. The minimum absolute atomic E-state index is 0.0206. The number of aromatic nitrogens is 2. The molecule has 0 spiro atoms. The van der Waals surface area contributed by atoms with Gasteiger partial charge in [0.25, 0.3) is 0 Å². The van der Waals surface area contributed by atoms with Crippen LogP contribution < -0.4 is 4.74 Å². The number of sulfonamides is 1. The second kappa shape index (κ2) is 10.2. The lowest BCUT2D eigenvalue weighted by molar-refractivity contribution is -0.136. The highest BCUT2D eigenvalue weighted by Gasteiger charge is 2.41. The molecule has 0 bridgehead atoms. The Hall–Kier alpha value is -3.51. The molecule has 0 amide bonds. The van der Waals surface area contributed by atoms with E-state index < -0.39 is 33.9 Å². The summed E-state index contributed by atoms with van der Waals surface area (Å²) >= 11 is 0. The topological polar surface area (TPSA) is 123 Å². The molecule has 2 atom stereocenters. The largest absolute Gasteiger partial charge is 0.491 e. The van der Waals surface area contributed by atoms with Crippen molar-refractivity contribution in [2.75, 3.05) is 13.7 Å². The Kier molecular flexibility index (Phi) is 7.27. The zero-order valence-electron chi connectivity index (χ0n) is 20.0. The van der Waals surface area contributed by atoms with Crippen LogP contribution in [0.25, 0.3) is 10.9 Å². The van der Waals surface area contributed by atoms with Crippen LogP contribution in [0.4, 0.5) is 4.39 Å². The highest BCUT2D eigenvalue weighted by atomic mass is 32.2. The Balaban J connectivity index is 1.71. The Labute approximate surface area is 208 Å². The van der Waals surface area contributed by atoms with Crippen molar-refractivity contribution in [2.24, 2.45) is 5.16 Å². The monoisotopic (exact) mass is 518 g/mol. The van der Waals surface area contributed by atoms with Crippen molar-refractivity contribution in [1.82, 2.24) is 14.1 Å². The predicted octanol–water partition coefficient (Wildman–Crippen LogP) is 3.23. The molecule has 4 rings (SSSR count). The summed E-state index contributed by atoms with van der Waals surface area (Å²) in [5.41, 5.74) is 0.676. The second-order valence-electron chi connectivity index (χ2n) is 8.73. The summed E-state index contributed by atoms with van der Waals surface area (Å²) < 4.78 is 49.7. The summed E-state index contributed by atoms with van der Waals surface area (Å²) in [6.45, 7) is 3.77. The first-order valence-corrected chi connectivity index (χ1v) is 12.8. The molecule has 192 valence electrons. The van der Waals surface area contributed by atoms with Gasteiger partial charge in [-0.15, -0.1) is 0 Å². The van der Waals surface area contributed by atoms with Gasteiger partial charge in [-0.2, -0.15) is 9.40 Å². The molecule has 0 unspecified atom stereocenters. The first kappa shape index (κ1) is 25.6. The third kappa shape index (κ3) is 5.19. The van der Waals surface area contributed by atoms with E-state index in [9.17, 15) is 22.7 Å². The van der Waals surface area contributed by atoms with E-state index in [0.717, 1.165) is 0 Å². The Morgan fingerprint density at radius 1 is 1.28 bits per heavy atom. The van der Waals surface area contributed by atoms with Gasteiger partial charge in [0.15, 0.2) is 0 Å². The van der Waals surface area contributed by atoms with Crippen LogP contribution in [0, 0.1) is 5.82 Å². The average Bonchev–Trinajstić information content (AvgIpc) is 3.39. The van der Waals surface area contributed by atoms with Crippen molar-refractivity contribution >= 4 is 33.1 Å². The fraction of sp³-hybridized carbons (Fsp3) is 0.375. The maximum absolute atomic E-state index is 14.1. The summed E-state index contributed by atoms with van der Waals surface area (Å²) in [6, 6.07) is 9.00. The van der Waals surface area contributed by atoms with Crippen molar-refractivity contribution < 1.29 is 32.3 Å². The minimum Gasteiger partial charge on any atom is -0.491 e. The van der Waals surface area contributed by atoms with Crippen LogP contribution in [-0.4, -0.2) is 65.6 Å². The number of halogens is 1. The average molecular weight is 519 g/mol. The van der Waals surface area contributed by atoms with E-state index >= 15 is 0 Å². The molecule has 1 N–H and O–H groups in total. The fourth-order valence-electron chi connectivity index (χ4n) is 4.36. The Morgan fingerprint density at radius 3 is 2.64 bits per heavy atom. The number of benzene rings is 2.